The van der Waals surface area contributed by atoms with Crippen LogP contribution in [0.4, 0.5) is 5.13 Å². The zero-order valence-corrected chi connectivity index (χ0v) is 19.0. The van der Waals surface area contributed by atoms with Gasteiger partial charge in [-0.1, -0.05) is 47.7 Å². The molecule has 7 heteroatoms. The van der Waals surface area contributed by atoms with Crippen molar-refractivity contribution in [2.45, 2.75) is 5.92 Å². The van der Waals surface area contributed by atoms with Gasteiger partial charge in [0.15, 0.2) is 5.13 Å². The lowest BCUT2D eigenvalue weighted by Crippen LogP contribution is -2.50. The minimum absolute atomic E-state index is 0.131. The third kappa shape index (κ3) is 3.49. The van der Waals surface area contributed by atoms with Gasteiger partial charge in [-0.2, -0.15) is 0 Å². The highest BCUT2D eigenvalue weighted by atomic mass is 32.1. The van der Waals surface area contributed by atoms with Gasteiger partial charge in [0.25, 0.3) is 0 Å². The molecule has 33 heavy (non-hydrogen) atoms. The molecule has 3 heterocycles. The summed E-state index contributed by atoms with van der Waals surface area (Å²) in [6, 6.07) is 21.7. The van der Waals surface area contributed by atoms with Gasteiger partial charge in [0.05, 0.1) is 23.2 Å². The number of aromatic nitrogens is 1. The first-order chi connectivity index (χ1) is 16.2. The maximum atomic E-state index is 13.8. The molecule has 1 saturated heterocycles. The van der Waals surface area contributed by atoms with Gasteiger partial charge in [-0.15, -0.1) is 0 Å². The van der Waals surface area contributed by atoms with Crippen molar-refractivity contribution in [2.24, 2.45) is 0 Å². The van der Waals surface area contributed by atoms with E-state index < -0.39 is 0 Å². The van der Waals surface area contributed by atoms with Crippen molar-refractivity contribution in [3.63, 3.8) is 0 Å². The zero-order chi connectivity index (χ0) is 22.4. The standard InChI is InChI=1S/C26H23N3O3S/c1-31-17-10-11-20-23(16-17)33-26(27-20)29-14-12-28(13-15-29)25(30)24-18-6-2-4-8-21(18)32-22-9-5-3-7-19(22)24/h2-11,16,24H,12-15H2,1H3. The third-order valence-electron chi connectivity index (χ3n) is 6.37. The summed E-state index contributed by atoms with van der Waals surface area (Å²) in [5.74, 6) is 2.15. The lowest BCUT2D eigenvalue weighted by atomic mass is 9.86. The van der Waals surface area contributed by atoms with Crippen molar-refractivity contribution in [2.75, 3.05) is 38.2 Å². The van der Waals surface area contributed by atoms with Gasteiger partial charge >= 0.3 is 0 Å². The Kier molecular flexibility index (Phi) is 4.91. The number of anilines is 1. The number of fused-ring (bicyclic) bond motifs is 3. The molecule has 0 atom stereocenters. The van der Waals surface area contributed by atoms with E-state index in [4.69, 9.17) is 14.5 Å². The Morgan fingerprint density at radius 2 is 1.64 bits per heavy atom. The van der Waals surface area contributed by atoms with Gasteiger partial charge in [-0.25, -0.2) is 4.98 Å². The molecule has 6 nitrogen and oxygen atoms in total. The van der Waals surface area contributed by atoms with Crippen LogP contribution < -0.4 is 14.4 Å². The summed E-state index contributed by atoms with van der Waals surface area (Å²) >= 11 is 1.67. The van der Waals surface area contributed by atoms with Gasteiger partial charge in [0.2, 0.25) is 5.91 Å². The van der Waals surface area contributed by atoms with E-state index in [1.807, 2.05) is 71.6 Å². The summed E-state index contributed by atoms with van der Waals surface area (Å²) in [5, 5.41) is 0.993. The highest BCUT2D eigenvalue weighted by Gasteiger charge is 2.36. The summed E-state index contributed by atoms with van der Waals surface area (Å²) in [6.07, 6.45) is 0. The summed E-state index contributed by atoms with van der Waals surface area (Å²) in [4.78, 5) is 22.8. The van der Waals surface area contributed by atoms with Crippen molar-refractivity contribution in [1.29, 1.82) is 0 Å². The quantitative estimate of drug-likeness (QED) is 0.438. The minimum atomic E-state index is -0.340. The molecule has 1 fully saturated rings. The Balaban J connectivity index is 1.23. The Bertz CT molecular complexity index is 1300. The molecule has 1 aromatic heterocycles. The monoisotopic (exact) mass is 457 g/mol. The predicted molar refractivity (Wildman–Crippen MR) is 130 cm³/mol. The fourth-order valence-corrected chi connectivity index (χ4v) is 5.68. The largest absolute Gasteiger partial charge is 0.497 e. The van der Waals surface area contributed by atoms with Crippen LogP contribution in [0.1, 0.15) is 17.0 Å². The van der Waals surface area contributed by atoms with Gasteiger partial charge < -0.3 is 19.3 Å². The fraction of sp³-hybridized carbons (Fsp3) is 0.231. The van der Waals surface area contributed by atoms with Crippen molar-refractivity contribution in [3.05, 3.63) is 77.9 Å². The van der Waals surface area contributed by atoms with E-state index in [1.165, 1.54) is 0 Å². The molecular formula is C26H23N3O3S. The molecular weight excluding hydrogens is 434 g/mol. The number of methoxy groups -OCH3 is 1. The molecule has 2 aliphatic rings. The van der Waals surface area contributed by atoms with E-state index in [9.17, 15) is 4.79 Å². The lowest BCUT2D eigenvalue weighted by molar-refractivity contribution is -0.132. The van der Waals surface area contributed by atoms with Crippen LogP contribution in [-0.4, -0.2) is 49.1 Å². The average Bonchev–Trinajstić information content (AvgIpc) is 3.30. The first-order valence-electron chi connectivity index (χ1n) is 11.1. The number of thiazole rings is 1. The van der Waals surface area contributed by atoms with E-state index >= 15 is 0 Å². The van der Waals surface area contributed by atoms with Crippen molar-refractivity contribution in [3.8, 4) is 17.2 Å². The van der Waals surface area contributed by atoms with Crippen molar-refractivity contribution >= 4 is 32.6 Å². The Hall–Kier alpha value is -3.58. The number of para-hydroxylation sites is 2. The summed E-state index contributed by atoms with van der Waals surface area (Å²) in [5.41, 5.74) is 2.84. The predicted octanol–water partition coefficient (Wildman–Crippen LogP) is 4.89. The second kappa shape index (κ2) is 8.08. The second-order valence-electron chi connectivity index (χ2n) is 8.25. The molecule has 0 N–H and O–H groups in total. The van der Waals surface area contributed by atoms with Crippen LogP contribution in [0.5, 0.6) is 17.2 Å². The summed E-state index contributed by atoms with van der Waals surface area (Å²) < 4.78 is 12.5. The number of carbonyl (C=O) groups excluding carboxylic acids is 1. The zero-order valence-electron chi connectivity index (χ0n) is 18.2. The molecule has 6 rings (SSSR count). The molecule has 0 aliphatic carbocycles. The molecule has 2 aliphatic heterocycles. The van der Waals surface area contributed by atoms with Crippen LogP contribution >= 0.6 is 11.3 Å². The molecule has 1 amide bonds. The molecule has 0 unspecified atom stereocenters. The Morgan fingerprint density at radius 1 is 0.970 bits per heavy atom. The molecule has 0 radical (unpaired) electrons. The van der Waals surface area contributed by atoms with Gasteiger partial charge in [-0.05, 0) is 30.3 Å². The maximum absolute atomic E-state index is 13.8. The van der Waals surface area contributed by atoms with E-state index in [0.29, 0.717) is 13.1 Å². The minimum Gasteiger partial charge on any atom is -0.497 e. The van der Waals surface area contributed by atoms with Gasteiger partial charge in [0.1, 0.15) is 17.2 Å². The van der Waals surface area contributed by atoms with Crippen LogP contribution in [0.25, 0.3) is 10.2 Å². The first kappa shape index (κ1) is 20.1. The average molecular weight is 458 g/mol. The number of benzene rings is 3. The molecule has 3 aromatic carbocycles. The first-order valence-corrected chi connectivity index (χ1v) is 11.9. The number of amides is 1. The van der Waals surface area contributed by atoms with E-state index in [-0.39, 0.29) is 11.8 Å². The molecule has 4 aromatic rings. The molecule has 166 valence electrons. The van der Waals surface area contributed by atoms with Crippen LogP contribution in [0.15, 0.2) is 66.7 Å². The van der Waals surface area contributed by atoms with Crippen LogP contribution in [0, 0.1) is 0 Å². The number of carbonyl (C=O) groups is 1. The maximum Gasteiger partial charge on any atom is 0.234 e. The fourth-order valence-electron chi connectivity index (χ4n) is 4.63. The number of rotatable bonds is 3. The number of piperazine rings is 1. The number of hydrogen-bond donors (Lipinski definition) is 0. The Labute approximate surface area is 196 Å². The lowest BCUT2D eigenvalue weighted by Gasteiger charge is -2.37. The molecule has 0 bridgehead atoms. The molecule has 0 saturated carbocycles. The summed E-state index contributed by atoms with van der Waals surface area (Å²) in [6.45, 7) is 2.85. The van der Waals surface area contributed by atoms with Crippen LogP contribution in [-0.2, 0) is 4.79 Å². The highest BCUT2D eigenvalue weighted by molar-refractivity contribution is 7.22. The second-order valence-corrected chi connectivity index (χ2v) is 9.26. The smallest absolute Gasteiger partial charge is 0.234 e. The Morgan fingerprint density at radius 3 is 2.30 bits per heavy atom. The van der Waals surface area contributed by atoms with Gasteiger partial charge in [-0.3, -0.25) is 4.79 Å². The highest BCUT2D eigenvalue weighted by Crippen LogP contribution is 2.44. The SMILES string of the molecule is COc1ccc2nc(N3CCN(C(=O)C4c5ccccc5Oc5ccccc54)CC3)sc2c1. The number of hydrogen-bond acceptors (Lipinski definition) is 6. The van der Waals surface area contributed by atoms with E-state index in [1.54, 1.807) is 18.4 Å². The van der Waals surface area contributed by atoms with E-state index in [0.717, 1.165) is 56.8 Å². The van der Waals surface area contributed by atoms with Crippen LogP contribution in [0.2, 0.25) is 0 Å². The number of ether oxygens (including phenoxy) is 2. The topological polar surface area (TPSA) is 54.9 Å². The van der Waals surface area contributed by atoms with Crippen molar-refractivity contribution < 1.29 is 14.3 Å². The number of nitrogens with zero attached hydrogens (tertiary/aromatic N) is 3. The van der Waals surface area contributed by atoms with Crippen LogP contribution in [0.3, 0.4) is 0 Å². The van der Waals surface area contributed by atoms with E-state index in [2.05, 4.69) is 4.90 Å². The normalized spacial score (nSPS) is 15.7. The van der Waals surface area contributed by atoms with Crippen molar-refractivity contribution in [1.82, 2.24) is 9.88 Å². The van der Waals surface area contributed by atoms with Gasteiger partial charge in [0, 0.05) is 37.3 Å². The third-order valence-corrected chi connectivity index (χ3v) is 7.45. The summed E-state index contributed by atoms with van der Waals surface area (Å²) in [7, 11) is 1.68. The molecule has 0 spiro atoms.